The van der Waals surface area contributed by atoms with E-state index in [9.17, 15) is 4.79 Å². The van der Waals surface area contributed by atoms with Crippen molar-refractivity contribution in [3.05, 3.63) is 53.9 Å². The Bertz CT molecular complexity index is 894. The molecule has 1 amide bonds. The highest BCUT2D eigenvalue weighted by Gasteiger charge is 2.13. The lowest BCUT2D eigenvalue weighted by molar-refractivity contribution is 0.103. The van der Waals surface area contributed by atoms with E-state index in [4.69, 9.17) is 4.74 Å². The van der Waals surface area contributed by atoms with Gasteiger partial charge >= 0.3 is 0 Å². The van der Waals surface area contributed by atoms with Gasteiger partial charge in [-0.3, -0.25) is 9.78 Å². The van der Waals surface area contributed by atoms with Crippen LogP contribution in [0, 0.1) is 0 Å². The summed E-state index contributed by atoms with van der Waals surface area (Å²) in [5.41, 5.74) is 1.87. The molecule has 0 saturated carbocycles. The number of rotatable bonds is 5. The lowest BCUT2D eigenvalue weighted by atomic mass is 10.2. The van der Waals surface area contributed by atoms with Crippen LogP contribution in [0.5, 0.6) is 0 Å². The third-order valence-electron chi connectivity index (χ3n) is 4.03. The fourth-order valence-electron chi connectivity index (χ4n) is 2.68. The zero-order valence-electron chi connectivity index (χ0n) is 14.5. The van der Waals surface area contributed by atoms with Crippen LogP contribution in [-0.4, -0.2) is 47.2 Å². The zero-order valence-corrected chi connectivity index (χ0v) is 15.3. The number of hydrogen-bond donors (Lipinski definition) is 2. The number of benzene rings is 1. The normalized spacial score (nSPS) is 14.0. The highest BCUT2D eigenvalue weighted by molar-refractivity contribution is 7.17. The highest BCUT2D eigenvalue weighted by Crippen LogP contribution is 2.23. The lowest BCUT2D eigenvalue weighted by Crippen LogP contribution is -2.36. The summed E-state index contributed by atoms with van der Waals surface area (Å²) in [4.78, 5) is 27.5. The van der Waals surface area contributed by atoms with E-state index in [1.165, 1.54) is 11.3 Å². The van der Waals surface area contributed by atoms with Crippen LogP contribution in [0.15, 0.2) is 49.1 Å². The number of aromatic nitrogens is 3. The maximum Gasteiger partial charge on any atom is 0.267 e. The van der Waals surface area contributed by atoms with E-state index in [0.29, 0.717) is 15.8 Å². The highest BCUT2D eigenvalue weighted by atomic mass is 32.1. The molecule has 0 atom stereocenters. The Balaban J connectivity index is 1.37. The number of carbonyl (C=O) groups is 1. The van der Waals surface area contributed by atoms with Gasteiger partial charge in [0.15, 0.2) is 10.9 Å². The van der Waals surface area contributed by atoms with Gasteiger partial charge in [-0.1, -0.05) is 11.3 Å². The zero-order chi connectivity index (χ0) is 18.5. The van der Waals surface area contributed by atoms with Crippen LogP contribution in [0.4, 0.5) is 22.3 Å². The predicted molar refractivity (Wildman–Crippen MR) is 105 cm³/mol. The Labute approximate surface area is 160 Å². The quantitative estimate of drug-likeness (QED) is 0.701. The second-order valence-corrected chi connectivity index (χ2v) is 6.88. The molecule has 1 aliphatic heterocycles. The number of ether oxygens (including phenoxy) is 1. The van der Waals surface area contributed by atoms with Crippen LogP contribution in [0.3, 0.4) is 0 Å². The van der Waals surface area contributed by atoms with Crippen LogP contribution < -0.4 is 15.5 Å². The topological polar surface area (TPSA) is 92.3 Å². The second-order valence-electron chi connectivity index (χ2n) is 5.85. The smallest absolute Gasteiger partial charge is 0.267 e. The van der Waals surface area contributed by atoms with Crippen LogP contribution in [0.25, 0.3) is 0 Å². The van der Waals surface area contributed by atoms with E-state index in [2.05, 4.69) is 30.5 Å². The molecule has 1 saturated heterocycles. The maximum atomic E-state index is 12.4. The molecule has 3 aromatic rings. The fraction of sp³-hybridized carbons (Fsp3) is 0.222. The number of amides is 1. The van der Waals surface area contributed by atoms with Gasteiger partial charge in [-0.25, -0.2) is 9.97 Å². The minimum atomic E-state index is -0.196. The number of anilines is 4. The van der Waals surface area contributed by atoms with Gasteiger partial charge in [0, 0.05) is 36.9 Å². The van der Waals surface area contributed by atoms with Gasteiger partial charge in [0.2, 0.25) is 0 Å². The molecular formula is C18H18N6O2S. The first-order valence-corrected chi connectivity index (χ1v) is 9.32. The summed E-state index contributed by atoms with van der Waals surface area (Å²) >= 11 is 1.26. The average Bonchev–Trinajstić information content (AvgIpc) is 3.19. The summed E-state index contributed by atoms with van der Waals surface area (Å²) in [6.45, 7) is 3.26. The lowest BCUT2D eigenvalue weighted by Gasteiger charge is -2.28. The molecule has 0 unspecified atom stereocenters. The molecule has 0 bridgehead atoms. The molecule has 0 aliphatic carbocycles. The van der Waals surface area contributed by atoms with E-state index >= 15 is 0 Å². The Morgan fingerprint density at radius 3 is 2.63 bits per heavy atom. The van der Waals surface area contributed by atoms with Crippen molar-refractivity contribution in [3.8, 4) is 0 Å². The second kappa shape index (κ2) is 8.11. The molecule has 138 valence electrons. The van der Waals surface area contributed by atoms with Gasteiger partial charge in [-0.2, -0.15) is 0 Å². The molecule has 1 aliphatic rings. The van der Waals surface area contributed by atoms with Crippen molar-refractivity contribution >= 4 is 39.6 Å². The van der Waals surface area contributed by atoms with Crippen molar-refractivity contribution < 1.29 is 9.53 Å². The van der Waals surface area contributed by atoms with Crippen LogP contribution >= 0.6 is 11.3 Å². The van der Waals surface area contributed by atoms with Crippen molar-refractivity contribution in [3.63, 3.8) is 0 Å². The van der Waals surface area contributed by atoms with Gasteiger partial charge in [-0.05, 0) is 24.3 Å². The standard InChI is InChI=1S/C18H18N6O2S/c25-17(15-11-21-18(27-15)23-16-12-19-5-6-20-16)22-13-1-3-14(4-2-13)24-7-9-26-10-8-24/h1-6,11-12H,7-10H2,(H,22,25)(H,20,21,23). The molecule has 8 nitrogen and oxygen atoms in total. The van der Waals surface area contributed by atoms with Crippen LogP contribution in [0.2, 0.25) is 0 Å². The summed E-state index contributed by atoms with van der Waals surface area (Å²) in [7, 11) is 0. The molecule has 4 rings (SSSR count). The van der Waals surface area contributed by atoms with Crippen molar-refractivity contribution in [2.45, 2.75) is 0 Å². The predicted octanol–water partition coefficient (Wildman–Crippen LogP) is 2.77. The monoisotopic (exact) mass is 382 g/mol. The van der Waals surface area contributed by atoms with Crippen molar-refractivity contribution in [1.82, 2.24) is 15.0 Å². The third kappa shape index (κ3) is 4.39. The van der Waals surface area contributed by atoms with Gasteiger partial charge in [0.05, 0.1) is 25.6 Å². The van der Waals surface area contributed by atoms with Gasteiger partial charge < -0.3 is 20.3 Å². The van der Waals surface area contributed by atoms with Gasteiger partial charge in [0.25, 0.3) is 5.91 Å². The summed E-state index contributed by atoms with van der Waals surface area (Å²) in [5, 5.41) is 6.51. The van der Waals surface area contributed by atoms with E-state index in [0.717, 1.165) is 37.7 Å². The van der Waals surface area contributed by atoms with Gasteiger partial charge in [0.1, 0.15) is 4.88 Å². The van der Waals surface area contributed by atoms with Crippen molar-refractivity contribution in [2.24, 2.45) is 0 Å². The molecule has 1 aromatic carbocycles. The first-order chi connectivity index (χ1) is 13.3. The van der Waals surface area contributed by atoms with E-state index in [1.807, 2.05) is 24.3 Å². The van der Waals surface area contributed by atoms with Crippen LogP contribution in [0.1, 0.15) is 9.67 Å². The summed E-state index contributed by atoms with van der Waals surface area (Å²) < 4.78 is 5.37. The summed E-state index contributed by atoms with van der Waals surface area (Å²) in [5.74, 6) is 0.385. The fourth-order valence-corrected chi connectivity index (χ4v) is 3.40. The number of hydrogen-bond acceptors (Lipinski definition) is 8. The largest absolute Gasteiger partial charge is 0.378 e. The third-order valence-corrected chi connectivity index (χ3v) is 4.94. The Hall–Kier alpha value is -3.04. The van der Waals surface area contributed by atoms with Crippen molar-refractivity contribution in [1.29, 1.82) is 0 Å². The Morgan fingerprint density at radius 2 is 1.89 bits per heavy atom. The number of thiazole rings is 1. The molecule has 27 heavy (non-hydrogen) atoms. The molecule has 0 spiro atoms. The molecule has 3 heterocycles. The number of nitrogens with zero attached hydrogens (tertiary/aromatic N) is 4. The molecular weight excluding hydrogens is 364 g/mol. The number of nitrogens with one attached hydrogen (secondary N) is 2. The molecule has 9 heteroatoms. The molecule has 2 aromatic heterocycles. The van der Waals surface area contributed by atoms with Gasteiger partial charge in [-0.15, -0.1) is 0 Å². The minimum absolute atomic E-state index is 0.196. The molecule has 0 radical (unpaired) electrons. The SMILES string of the molecule is O=C(Nc1ccc(N2CCOCC2)cc1)c1cnc(Nc2cnccn2)s1. The first-order valence-electron chi connectivity index (χ1n) is 8.51. The summed E-state index contributed by atoms with van der Waals surface area (Å²) in [6.07, 6.45) is 6.32. The van der Waals surface area contributed by atoms with Crippen molar-refractivity contribution in [2.75, 3.05) is 41.8 Å². The molecule has 2 N–H and O–H groups in total. The Morgan fingerprint density at radius 1 is 1.07 bits per heavy atom. The van der Waals surface area contributed by atoms with Crippen LogP contribution in [-0.2, 0) is 4.74 Å². The number of morpholine rings is 1. The Kier molecular flexibility index (Phi) is 5.22. The maximum absolute atomic E-state index is 12.4. The number of carbonyl (C=O) groups excluding carboxylic acids is 1. The minimum Gasteiger partial charge on any atom is -0.378 e. The van der Waals surface area contributed by atoms with E-state index in [-0.39, 0.29) is 5.91 Å². The first kappa shape index (κ1) is 17.4. The van der Waals surface area contributed by atoms with E-state index in [1.54, 1.807) is 24.8 Å². The average molecular weight is 382 g/mol. The van der Waals surface area contributed by atoms with E-state index < -0.39 is 0 Å². The summed E-state index contributed by atoms with van der Waals surface area (Å²) in [6, 6.07) is 7.83. The molecule has 1 fully saturated rings.